The molecule has 0 aliphatic carbocycles. The Kier molecular flexibility index (Phi) is 5.47. The Hall–Kier alpha value is -1.40. The molecule has 128 valence electrons. The molecule has 1 unspecified atom stereocenters. The van der Waals surface area contributed by atoms with E-state index in [9.17, 15) is 13.2 Å². The number of amides is 1. The molecule has 0 bridgehead atoms. The Balaban J connectivity index is 2.31. The van der Waals surface area contributed by atoms with Gasteiger partial charge in [0.2, 0.25) is 10.0 Å². The summed E-state index contributed by atoms with van der Waals surface area (Å²) < 4.78 is 26.5. The fourth-order valence-electron chi connectivity index (χ4n) is 2.80. The van der Waals surface area contributed by atoms with Crippen molar-refractivity contribution in [2.75, 3.05) is 13.6 Å². The molecule has 1 fully saturated rings. The zero-order valence-electron chi connectivity index (χ0n) is 14.3. The average Bonchev–Trinajstić information content (AvgIpc) is 2.54. The lowest BCUT2D eigenvalue weighted by Gasteiger charge is -2.33. The number of carbonyl (C=O) groups excluding carboxylic acids is 1. The highest BCUT2D eigenvalue weighted by Gasteiger charge is 2.27. The molecule has 0 spiro atoms. The average molecular weight is 338 g/mol. The van der Waals surface area contributed by atoms with Crippen molar-refractivity contribution in [2.24, 2.45) is 0 Å². The summed E-state index contributed by atoms with van der Waals surface area (Å²) in [5.74, 6) is -0.0820. The van der Waals surface area contributed by atoms with Crippen LogP contribution >= 0.6 is 0 Å². The van der Waals surface area contributed by atoms with Gasteiger partial charge >= 0.3 is 0 Å². The number of piperidine rings is 1. The monoisotopic (exact) mass is 338 g/mol. The zero-order chi connectivity index (χ0) is 17.2. The van der Waals surface area contributed by atoms with Crippen molar-refractivity contribution in [2.45, 2.75) is 57.0 Å². The number of hydrogen-bond acceptors (Lipinski definition) is 3. The summed E-state index contributed by atoms with van der Waals surface area (Å²) in [4.78, 5) is 14.7. The van der Waals surface area contributed by atoms with E-state index in [1.54, 1.807) is 25.2 Å². The minimum atomic E-state index is -3.58. The minimum Gasteiger partial charge on any atom is -0.336 e. The number of benzene rings is 1. The molecule has 1 atom stereocenters. The molecule has 1 saturated heterocycles. The van der Waals surface area contributed by atoms with Gasteiger partial charge in [0.15, 0.2) is 0 Å². The van der Waals surface area contributed by atoms with Gasteiger partial charge in [-0.15, -0.1) is 0 Å². The molecule has 1 amide bonds. The van der Waals surface area contributed by atoms with Gasteiger partial charge in [-0.2, -0.15) is 4.31 Å². The van der Waals surface area contributed by atoms with Crippen LogP contribution in [0, 0.1) is 0 Å². The first kappa shape index (κ1) is 17.9. The number of likely N-dealkylation sites (tertiary alicyclic amines) is 1. The molecular weight excluding hydrogens is 312 g/mol. The molecule has 1 aliphatic heterocycles. The van der Waals surface area contributed by atoms with E-state index >= 15 is 0 Å². The summed E-state index contributed by atoms with van der Waals surface area (Å²) in [6.07, 6.45) is 3.14. The van der Waals surface area contributed by atoms with E-state index < -0.39 is 10.0 Å². The maximum Gasteiger partial charge on any atom is 0.254 e. The van der Waals surface area contributed by atoms with Crippen LogP contribution < -0.4 is 0 Å². The van der Waals surface area contributed by atoms with Crippen LogP contribution in [0.25, 0.3) is 0 Å². The van der Waals surface area contributed by atoms with Crippen molar-refractivity contribution in [1.29, 1.82) is 0 Å². The summed E-state index contributed by atoms with van der Waals surface area (Å²) in [5, 5.41) is 0. The van der Waals surface area contributed by atoms with Crippen molar-refractivity contribution in [3.63, 3.8) is 0 Å². The van der Waals surface area contributed by atoms with Crippen LogP contribution in [0.15, 0.2) is 29.2 Å². The standard InChI is InChI=1S/C17H26N2O3S/c1-13(2)18(4)23(21,22)16-10-7-9-15(12-16)17(20)19-11-6-5-8-14(19)3/h7,9-10,12-14H,5-6,8,11H2,1-4H3. The Morgan fingerprint density at radius 2 is 2.00 bits per heavy atom. The number of nitrogens with zero attached hydrogens (tertiary/aromatic N) is 2. The van der Waals surface area contributed by atoms with Crippen LogP contribution in [0.1, 0.15) is 50.4 Å². The van der Waals surface area contributed by atoms with Crippen LogP contribution in [-0.2, 0) is 10.0 Å². The number of rotatable bonds is 4. The molecule has 23 heavy (non-hydrogen) atoms. The van der Waals surface area contributed by atoms with Crippen LogP contribution in [0.5, 0.6) is 0 Å². The van der Waals surface area contributed by atoms with Crippen molar-refractivity contribution in [3.05, 3.63) is 29.8 Å². The van der Waals surface area contributed by atoms with E-state index in [1.165, 1.54) is 10.4 Å². The topological polar surface area (TPSA) is 57.7 Å². The molecule has 2 rings (SSSR count). The van der Waals surface area contributed by atoms with E-state index in [0.29, 0.717) is 5.56 Å². The molecule has 5 nitrogen and oxygen atoms in total. The van der Waals surface area contributed by atoms with Crippen molar-refractivity contribution >= 4 is 15.9 Å². The van der Waals surface area contributed by atoms with E-state index in [1.807, 2.05) is 25.7 Å². The van der Waals surface area contributed by atoms with E-state index in [-0.39, 0.29) is 22.9 Å². The van der Waals surface area contributed by atoms with Gasteiger partial charge in [0, 0.05) is 31.2 Å². The fraction of sp³-hybridized carbons (Fsp3) is 0.588. The molecule has 0 radical (unpaired) electrons. The predicted molar refractivity (Wildman–Crippen MR) is 90.9 cm³/mol. The number of sulfonamides is 1. The Bertz CT molecular complexity index is 670. The number of hydrogen-bond donors (Lipinski definition) is 0. The SMILES string of the molecule is CC1CCCCN1C(=O)c1cccc(S(=O)(=O)N(C)C(C)C)c1. The second-order valence-corrected chi connectivity index (χ2v) is 8.48. The minimum absolute atomic E-state index is 0.0820. The quantitative estimate of drug-likeness (QED) is 0.848. The van der Waals surface area contributed by atoms with Crippen LogP contribution in [0.2, 0.25) is 0 Å². The highest BCUT2D eigenvalue weighted by Crippen LogP contribution is 2.22. The molecule has 0 saturated carbocycles. The predicted octanol–water partition coefficient (Wildman–Crippen LogP) is 2.73. The Morgan fingerprint density at radius 1 is 1.30 bits per heavy atom. The molecular formula is C17H26N2O3S. The van der Waals surface area contributed by atoms with E-state index in [4.69, 9.17) is 0 Å². The first-order valence-corrected chi connectivity index (χ1v) is 9.58. The van der Waals surface area contributed by atoms with Crippen molar-refractivity contribution < 1.29 is 13.2 Å². The van der Waals surface area contributed by atoms with Gasteiger partial charge < -0.3 is 4.90 Å². The largest absolute Gasteiger partial charge is 0.336 e. The summed E-state index contributed by atoms with van der Waals surface area (Å²) in [5.41, 5.74) is 0.442. The maximum absolute atomic E-state index is 12.7. The van der Waals surface area contributed by atoms with Gasteiger partial charge in [0.05, 0.1) is 4.90 Å². The molecule has 0 aromatic heterocycles. The molecule has 1 aliphatic rings. The van der Waals surface area contributed by atoms with Gasteiger partial charge in [-0.1, -0.05) is 6.07 Å². The molecule has 1 heterocycles. The van der Waals surface area contributed by atoms with E-state index in [2.05, 4.69) is 0 Å². The Morgan fingerprint density at radius 3 is 2.61 bits per heavy atom. The van der Waals surface area contributed by atoms with Gasteiger partial charge in [0.1, 0.15) is 0 Å². The third-order valence-electron chi connectivity index (χ3n) is 4.55. The normalized spacial score (nSPS) is 19.4. The smallest absolute Gasteiger partial charge is 0.254 e. The van der Waals surface area contributed by atoms with Gasteiger partial charge in [-0.3, -0.25) is 4.79 Å². The van der Waals surface area contributed by atoms with Crippen molar-refractivity contribution in [3.8, 4) is 0 Å². The summed E-state index contributed by atoms with van der Waals surface area (Å²) in [7, 11) is -2.02. The summed E-state index contributed by atoms with van der Waals surface area (Å²) in [6.45, 7) is 6.43. The second kappa shape index (κ2) is 7.01. The maximum atomic E-state index is 12.7. The molecule has 1 aromatic carbocycles. The van der Waals surface area contributed by atoms with Gasteiger partial charge in [0.25, 0.3) is 5.91 Å². The lowest BCUT2D eigenvalue weighted by molar-refractivity contribution is 0.0635. The Labute approximate surface area is 139 Å². The zero-order valence-corrected chi connectivity index (χ0v) is 15.1. The van der Waals surface area contributed by atoms with Crippen LogP contribution in [0.3, 0.4) is 0 Å². The molecule has 6 heteroatoms. The first-order chi connectivity index (χ1) is 10.7. The second-order valence-electron chi connectivity index (χ2n) is 6.49. The third kappa shape index (κ3) is 3.75. The van der Waals surface area contributed by atoms with Crippen LogP contribution in [0.4, 0.5) is 0 Å². The molecule has 0 N–H and O–H groups in total. The number of carbonyl (C=O) groups is 1. The molecule has 1 aromatic rings. The highest BCUT2D eigenvalue weighted by atomic mass is 32.2. The van der Waals surface area contributed by atoms with E-state index in [0.717, 1.165) is 25.8 Å². The highest BCUT2D eigenvalue weighted by molar-refractivity contribution is 7.89. The lowest BCUT2D eigenvalue weighted by Crippen LogP contribution is -2.42. The third-order valence-corrected chi connectivity index (χ3v) is 6.58. The fourth-order valence-corrected chi connectivity index (χ4v) is 4.21. The first-order valence-electron chi connectivity index (χ1n) is 8.14. The van der Waals surface area contributed by atoms with Crippen molar-refractivity contribution in [1.82, 2.24) is 9.21 Å². The van der Waals surface area contributed by atoms with Gasteiger partial charge in [-0.25, -0.2) is 8.42 Å². The summed E-state index contributed by atoms with van der Waals surface area (Å²) >= 11 is 0. The lowest BCUT2D eigenvalue weighted by atomic mass is 10.0. The summed E-state index contributed by atoms with van der Waals surface area (Å²) in [6, 6.07) is 6.44. The van der Waals surface area contributed by atoms with Crippen LogP contribution in [-0.4, -0.2) is 49.2 Å². The van der Waals surface area contributed by atoms with Gasteiger partial charge in [-0.05, 0) is 58.2 Å².